The van der Waals surface area contributed by atoms with Crippen LogP contribution in [-0.4, -0.2) is 47.5 Å². The lowest BCUT2D eigenvalue weighted by atomic mass is 10.0. The Morgan fingerprint density at radius 3 is 2.41 bits per heavy atom. The summed E-state index contributed by atoms with van der Waals surface area (Å²) in [5.41, 5.74) is 2.56. The summed E-state index contributed by atoms with van der Waals surface area (Å²) in [5.74, 6) is -0.353. The van der Waals surface area contributed by atoms with E-state index in [1.54, 1.807) is 4.90 Å². The Morgan fingerprint density at radius 2 is 1.72 bits per heavy atom. The molecule has 1 N–H and O–H groups in total. The standard InChI is InChI=1S/C25H29N3O3S/c1-17(2)18-10-12-19(13-11-18)26-22(29)16-28-20-8-4-5-9-21(20)32-23(25(28)31)24(30)27-14-6-3-7-15-27/h4-5,8-13,17,23H,3,6-7,14-16H2,1-2H3,(H,26,29)/t23-/m0/s1. The maximum absolute atomic E-state index is 13.4. The summed E-state index contributed by atoms with van der Waals surface area (Å²) < 4.78 is 0. The monoisotopic (exact) mass is 451 g/mol. The lowest BCUT2D eigenvalue weighted by molar-refractivity contribution is -0.135. The van der Waals surface area contributed by atoms with Crippen LogP contribution in [0.2, 0.25) is 0 Å². The quantitative estimate of drug-likeness (QED) is 0.690. The Balaban J connectivity index is 1.51. The molecule has 0 saturated carbocycles. The third kappa shape index (κ3) is 4.83. The fraction of sp³-hybridized carbons (Fsp3) is 0.400. The number of amides is 3. The molecule has 7 heteroatoms. The highest BCUT2D eigenvalue weighted by atomic mass is 32.2. The highest BCUT2D eigenvalue weighted by Crippen LogP contribution is 2.40. The molecule has 4 rings (SSSR count). The van der Waals surface area contributed by atoms with Gasteiger partial charge in [-0.05, 0) is 55.0 Å². The van der Waals surface area contributed by atoms with Crippen LogP contribution in [0.1, 0.15) is 44.6 Å². The number of nitrogens with zero attached hydrogens (tertiary/aromatic N) is 2. The summed E-state index contributed by atoms with van der Waals surface area (Å²) in [6.07, 6.45) is 3.05. The van der Waals surface area contributed by atoms with Crippen LogP contribution >= 0.6 is 11.8 Å². The summed E-state index contributed by atoms with van der Waals surface area (Å²) in [5, 5.41) is 2.03. The van der Waals surface area contributed by atoms with Crippen molar-refractivity contribution in [1.29, 1.82) is 0 Å². The molecule has 2 aliphatic heterocycles. The number of thioether (sulfide) groups is 1. The van der Waals surface area contributed by atoms with Crippen LogP contribution in [0.4, 0.5) is 11.4 Å². The number of fused-ring (bicyclic) bond motifs is 1. The zero-order chi connectivity index (χ0) is 22.7. The molecule has 0 bridgehead atoms. The van der Waals surface area contributed by atoms with E-state index in [9.17, 15) is 14.4 Å². The highest BCUT2D eigenvalue weighted by Gasteiger charge is 2.40. The summed E-state index contributed by atoms with van der Waals surface area (Å²) in [6, 6.07) is 15.2. The molecule has 2 aliphatic rings. The van der Waals surface area contributed by atoms with Crippen LogP contribution in [0.3, 0.4) is 0 Å². The Bertz CT molecular complexity index is 1000. The van der Waals surface area contributed by atoms with E-state index in [1.165, 1.54) is 22.2 Å². The van der Waals surface area contributed by atoms with Crippen molar-refractivity contribution in [2.24, 2.45) is 0 Å². The summed E-state index contributed by atoms with van der Waals surface area (Å²) in [6.45, 7) is 5.49. The van der Waals surface area contributed by atoms with Gasteiger partial charge in [-0.3, -0.25) is 14.4 Å². The molecule has 0 aromatic heterocycles. The molecule has 0 unspecified atom stereocenters. The molecule has 2 heterocycles. The largest absolute Gasteiger partial charge is 0.341 e. The van der Waals surface area contributed by atoms with Crippen molar-refractivity contribution < 1.29 is 14.4 Å². The van der Waals surface area contributed by atoms with Gasteiger partial charge < -0.3 is 15.1 Å². The van der Waals surface area contributed by atoms with Crippen LogP contribution in [0.15, 0.2) is 53.4 Å². The number of likely N-dealkylation sites (tertiary alicyclic amines) is 1. The van der Waals surface area contributed by atoms with Crippen LogP contribution in [0.25, 0.3) is 0 Å². The Labute approximate surface area is 193 Å². The van der Waals surface area contributed by atoms with Crippen LogP contribution in [0.5, 0.6) is 0 Å². The van der Waals surface area contributed by atoms with Gasteiger partial charge >= 0.3 is 0 Å². The molecule has 1 atom stereocenters. The van der Waals surface area contributed by atoms with Gasteiger partial charge in [0.2, 0.25) is 11.8 Å². The van der Waals surface area contributed by atoms with Crippen LogP contribution in [-0.2, 0) is 14.4 Å². The predicted octanol–water partition coefficient (Wildman–Crippen LogP) is 4.27. The van der Waals surface area contributed by atoms with Crippen molar-refractivity contribution in [3.8, 4) is 0 Å². The number of para-hydroxylation sites is 1. The fourth-order valence-electron chi connectivity index (χ4n) is 4.11. The lowest BCUT2D eigenvalue weighted by Crippen LogP contribution is -2.52. The maximum atomic E-state index is 13.4. The van der Waals surface area contributed by atoms with Gasteiger partial charge in [-0.25, -0.2) is 0 Å². The van der Waals surface area contributed by atoms with Gasteiger partial charge in [0.25, 0.3) is 5.91 Å². The van der Waals surface area contributed by atoms with Crippen molar-refractivity contribution >= 4 is 40.9 Å². The van der Waals surface area contributed by atoms with Crippen LogP contribution < -0.4 is 10.2 Å². The van der Waals surface area contributed by atoms with E-state index in [4.69, 9.17) is 0 Å². The Morgan fingerprint density at radius 1 is 1.03 bits per heavy atom. The molecule has 2 aromatic rings. The zero-order valence-electron chi connectivity index (χ0n) is 18.5. The van der Waals surface area contributed by atoms with E-state index in [0.717, 1.165) is 24.2 Å². The first-order chi connectivity index (χ1) is 15.4. The number of hydrogen-bond acceptors (Lipinski definition) is 4. The zero-order valence-corrected chi connectivity index (χ0v) is 19.4. The average Bonchev–Trinajstić information content (AvgIpc) is 2.81. The van der Waals surface area contributed by atoms with E-state index in [-0.39, 0.29) is 24.3 Å². The van der Waals surface area contributed by atoms with Crippen molar-refractivity contribution in [3.05, 3.63) is 54.1 Å². The minimum atomic E-state index is -0.846. The van der Waals surface area contributed by atoms with Gasteiger partial charge in [0.05, 0.1) is 5.69 Å². The van der Waals surface area contributed by atoms with Crippen molar-refractivity contribution in [1.82, 2.24) is 4.90 Å². The second-order valence-electron chi connectivity index (χ2n) is 8.60. The molecule has 0 radical (unpaired) electrons. The number of carbonyl (C=O) groups is 3. The van der Waals surface area contributed by atoms with E-state index in [2.05, 4.69) is 19.2 Å². The predicted molar refractivity (Wildman–Crippen MR) is 128 cm³/mol. The number of nitrogens with one attached hydrogen (secondary N) is 1. The molecular weight excluding hydrogens is 422 g/mol. The Hall–Kier alpha value is -2.80. The third-order valence-electron chi connectivity index (χ3n) is 5.95. The SMILES string of the molecule is CC(C)c1ccc(NC(=O)CN2C(=O)[C@H](C(=O)N3CCCCC3)Sc3ccccc32)cc1. The molecule has 3 amide bonds. The van der Waals surface area contributed by atoms with E-state index >= 15 is 0 Å². The fourth-order valence-corrected chi connectivity index (χ4v) is 5.30. The van der Waals surface area contributed by atoms with Gasteiger partial charge in [-0.2, -0.15) is 0 Å². The van der Waals surface area contributed by atoms with Gasteiger partial charge in [0, 0.05) is 23.7 Å². The normalized spacial score (nSPS) is 18.5. The number of anilines is 2. The average molecular weight is 452 g/mol. The number of carbonyl (C=O) groups excluding carboxylic acids is 3. The van der Waals surface area contributed by atoms with Crippen molar-refractivity contribution in [2.45, 2.75) is 49.2 Å². The number of hydrogen-bond donors (Lipinski definition) is 1. The van der Waals surface area contributed by atoms with E-state index in [0.29, 0.717) is 30.4 Å². The minimum Gasteiger partial charge on any atom is -0.341 e. The summed E-state index contributed by atoms with van der Waals surface area (Å²) >= 11 is 1.29. The van der Waals surface area contributed by atoms with E-state index < -0.39 is 5.25 Å². The molecule has 0 aliphatic carbocycles. The molecule has 1 saturated heterocycles. The summed E-state index contributed by atoms with van der Waals surface area (Å²) in [7, 11) is 0. The second kappa shape index (κ2) is 9.77. The molecule has 1 fully saturated rings. The molecule has 2 aromatic carbocycles. The van der Waals surface area contributed by atoms with Crippen LogP contribution in [0, 0.1) is 0 Å². The molecule has 0 spiro atoms. The maximum Gasteiger partial charge on any atom is 0.250 e. The number of piperidine rings is 1. The van der Waals surface area contributed by atoms with Gasteiger partial charge in [0.15, 0.2) is 5.25 Å². The molecular formula is C25H29N3O3S. The first-order valence-corrected chi connectivity index (χ1v) is 12.1. The van der Waals surface area contributed by atoms with Crippen molar-refractivity contribution in [2.75, 3.05) is 29.9 Å². The topological polar surface area (TPSA) is 69.7 Å². The van der Waals surface area contributed by atoms with Gasteiger partial charge in [0.1, 0.15) is 6.54 Å². The second-order valence-corrected chi connectivity index (χ2v) is 9.75. The number of rotatable bonds is 5. The van der Waals surface area contributed by atoms with E-state index in [1.807, 2.05) is 48.5 Å². The Kier molecular flexibility index (Phi) is 6.84. The first kappa shape index (κ1) is 22.4. The smallest absolute Gasteiger partial charge is 0.250 e. The van der Waals surface area contributed by atoms with Crippen molar-refractivity contribution in [3.63, 3.8) is 0 Å². The minimum absolute atomic E-state index is 0.133. The highest BCUT2D eigenvalue weighted by molar-refractivity contribution is 8.01. The summed E-state index contributed by atoms with van der Waals surface area (Å²) in [4.78, 5) is 43.4. The first-order valence-electron chi connectivity index (χ1n) is 11.2. The number of benzene rings is 2. The molecule has 168 valence electrons. The third-order valence-corrected chi connectivity index (χ3v) is 7.18. The lowest BCUT2D eigenvalue weighted by Gasteiger charge is -2.36. The van der Waals surface area contributed by atoms with Gasteiger partial charge in [-0.15, -0.1) is 11.8 Å². The van der Waals surface area contributed by atoms with Gasteiger partial charge in [-0.1, -0.05) is 38.1 Å². The molecule has 32 heavy (non-hydrogen) atoms. The molecule has 6 nitrogen and oxygen atoms in total.